The normalized spacial score (nSPS) is 19.5. The van der Waals surface area contributed by atoms with E-state index in [1.807, 2.05) is 13.0 Å². The molecule has 3 nitrogen and oxygen atoms in total. The van der Waals surface area contributed by atoms with Crippen LogP contribution >= 0.6 is 0 Å². The molecule has 0 spiro atoms. The summed E-state index contributed by atoms with van der Waals surface area (Å²) in [6, 6.07) is 7.58. The summed E-state index contributed by atoms with van der Waals surface area (Å²) in [6.07, 6.45) is -3.28. The van der Waals surface area contributed by atoms with Crippen molar-refractivity contribution in [3.8, 4) is 11.3 Å². The monoisotopic (exact) mass is 319 g/mol. The van der Waals surface area contributed by atoms with Crippen LogP contribution < -0.4 is 10.2 Å². The summed E-state index contributed by atoms with van der Waals surface area (Å²) < 4.78 is 38.7. The molecule has 0 radical (unpaired) electrons. The quantitative estimate of drug-likeness (QED) is 0.858. The number of aryl methyl sites for hydroxylation is 1. The summed E-state index contributed by atoms with van der Waals surface area (Å²) in [7, 11) is 0. The van der Waals surface area contributed by atoms with Crippen LogP contribution in [-0.2, 0) is 6.18 Å². The minimum atomic E-state index is -4.34. The van der Waals surface area contributed by atoms with Crippen molar-refractivity contribution in [1.82, 2.24) is 4.98 Å². The third-order valence-electron chi connectivity index (χ3n) is 4.51. The number of benzene rings is 1. The van der Waals surface area contributed by atoms with Gasteiger partial charge in [-0.15, -0.1) is 0 Å². The molecule has 1 unspecified atom stereocenters. The first-order valence-electron chi connectivity index (χ1n) is 7.62. The van der Waals surface area contributed by atoms with Crippen molar-refractivity contribution in [3.05, 3.63) is 41.5 Å². The molecule has 6 heteroatoms. The van der Waals surface area contributed by atoms with Crippen LogP contribution in [0.2, 0.25) is 0 Å². The van der Waals surface area contributed by atoms with E-state index in [9.17, 15) is 13.2 Å². The number of alkyl halides is 3. The van der Waals surface area contributed by atoms with Crippen LogP contribution in [-0.4, -0.2) is 24.1 Å². The van der Waals surface area contributed by atoms with Gasteiger partial charge in [-0.2, -0.15) is 13.2 Å². The van der Waals surface area contributed by atoms with Crippen LogP contribution in [0.5, 0.6) is 0 Å². The Morgan fingerprint density at radius 1 is 1.26 bits per heavy atom. The van der Waals surface area contributed by atoms with Crippen LogP contribution in [0.3, 0.4) is 0 Å². The SMILES string of the molecule is Cc1cc(-c2cccc(C(F)(F)F)c2)nc2c1N1CCC(C1)N2. The maximum Gasteiger partial charge on any atom is 0.416 e. The van der Waals surface area contributed by atoms with Gasteiger partial charge in [0, 0.05) is 24.7 Å². The summed E-state index contributed by atoms with van der Waals surface area (Å²) in [5.74, 6) is 0.783. The lowest BCUT2D eigenvalue weighted by molar-refractivity contribution is -0.137. The topological polar surface area (TPSA) is 28.2 Å². The Morgan fingerprint density at radius 3 is 2.87 bits per heavy atom. The summed E-state index contributed by atoms with van der Waals surface area (Å²) in [5.41, 5.74) is 2.52. The molecule has 4 rings (SSSR count). The van der Waals surface area contributed by atoms with E-state index in [0.29, 0.717) is 17.3 Å². The van der Waals surface area contributed by atoms with Crippen molar-refractivity contribution in [2.45, 2.75) is 25.6 Å². The predicted molar refractivity (Wildman–Crippen MR) is 83.7 cm³/mol. The van der Waals surface area contributed by atoms with E-state index in [1.54, 1.807) is 6.07 Å². The van der Waals surface area contributed by atoms with Crippen molar-refractivity contribution in [2.24, 2.45) is 0 Å². The molecule has 0 saturated carbocycles. The lowest BCUT2D eigenvalue weighted by Gasteiger charge is -2.29. The smallest absolute Gasteiger partial charge is 0.366 e. The fourth-order valence-electron chi connectivity index (χ4n) is 3.44. The number of aromatic nitrogens is 1. The second-order valence-electron chi connectivity index (χ2n) is 6.18. The zero-order chi connectivity index (χ0) is 16.2. The van der Waals surface area contributed by atoms with E-state index < -0.39 is 11.7 Å². The van der Waals surface area contributed by atoms with Crippen LogP contribution in [0.15, 0.2) is 30.3 Å². The Bertz CT molecular complexity index is 770. The summed E-state index contributed by atoms with van der Waals surface area (Å²) >= 11 is 0. The Labute approximate surface area is 132 Å². The highest BCUT2D eigenvalue weighted by Crippen LogP contribution is 2.39. The van der Waals surface area contributed by atoms with Gasteiger partial charge in [0.25, 0.3) is 0 Å². The third kappa shape index (κ3) is 2.42. The number of hydrogen-bond acceptors (Lipinski definition) is 3. The van der Waals surface area contributed by atoms with Crippen molar-refractivity contribution < 1.29 is 13.2 Å². The minimum absolute atomic E-state index is 0.381. The maximum atomic E-state index is 12.9. The lowest BCUT2D eigenvalue weighted by Crippen LogP contribution is -2.33. The first-order chi connectivity index (χ1) is 10.9. The molecule has 2 aliphatic rings. The standard InChI is InChI=1S/C17H16F3N3/c1-10-7-14(11-3-2-4-12(8-11)17(18,19)20)22-16-15(10)23-6-5-13(9-23)21-16/h2-4,7-8,13H,5-6,9H2,1H3,(H,21,22). The van der Waals surface area contributed by atoms with Crippen molar-refractivity contribution >= 4 is 11.5 Å². The largest absolute Gasteiger partial charge is 0.416 e. The number of pyridine rings is 1. The predicted octanol–water partition coefficient (Wildman–Crippen LogP) is 4.08. The Kier molecular flexibility index (Phi) is 3.04. The van der Waals surface area contributed by atoms with Gasteiger partial charge in [-0.3, -0.25) is 0 Å². The van der Waals surface area contributed by atoms with E-state index >= 15 is 0 Å². The van der Waals surface area contributed by atoms with Gasteiger partial charge in [0.15, 0.2) is 5.82 Å². The molecule has 0 aliphatic carbocycles. The van der Waals surface area contributed by atoms with E-state index in [2.05, 4.69) is 15.2 Å². The molecule has 1 saturated heterocycles. The van der Waals surface area contributed by atoms with E-state index in [-0.39, 0.29) is 0 Å². The van der Waals surface area contributed by atoms with E-state index in [0.717, 1.165) is 48.7 Å². The molecular weight excluding hydrogens is 303 g/mol. The molecule has 1 aromatic heterocycles. The van der Waals surface area contributed by atoms with Crippen LogP contribution in [0.25, 0.3) is 11.3 Å². The van der Waals surface area contributed by atoms with Gasteiger partial charge in [0.05, 0.1) is 16.9 Å². The van der Waals surface area contributed by atoms with Crippen molar-refractivity contribution in [3.63, 3.8) is 0 Å². The average molecular weight is 319 g/mol. The van der Waals surface area contributed by atoms with Crippen LogP contribution in [0.1, 0.15) is 17.5 Å². The number of halogens is 3. The number of rotatable bonds is 1. The van der Waals surface area contributed by atoms with Crippen LogP contribution in [0, 0.1) is 6.92 Å². The Morgan fingerprint density at radius 2 is 2.09 bits per heavy atom. The molecule has 1 fully saturated rings. The minimum Gasteiger partial charge on any atom is -0.366 e. The highest BCUT2D eigenvalue weighted by Gasteiger charge is 2.33. The van der Waals surface area contributed by atoms with E-state index in [4.69, 9.17) is 0 Å². The summed E-state index contributed by atoms with van der Waals surface area (Å²) in [4.78, 5) is 6.89. The zero-order valence-electron chi connectivity index (χ0n) is 12.6. The highest BCUT2D eigenvalue weighted by atomic mass is 19.4. The summed E-state index contributed by atoms with van der Waals surface area (Å²) in [5, 5.41) is 3.41. The van der Waals surface area contributed by atoms with Gasteiger partial charge in [-0.1, -0.05) is 12.1 Å². The number of nitrogens with one attached hydrogen (secondary N) is 1. The molecule has 2 aromatic rings. The molecule has 23 heavy (non-hydrogen) atoms. The molecule has 0 amide bonds. The molecule has 2 bridgehead atoms. The second-order valence-corrected chi connectivity index (χ2v) is 6.18. The summed E-state index contributed by atoms with van der Waals surface area (Å²) in [6.45, 7) is 3.95. The van der Waals surface area contributed by atoms with E-state index in [1.165, 1.54) is 6.07 Å². The van der Waals surface area contributed by atoms with Gasteiger partial charge < -0.3 is 10.2 Å². The van der Waals surface area contributed by atoms with Gasteiger partial charge in [-0.25, -0.2) is 4.98 Å². The second kappa shape index (κ2) is 4.88. The van der Waals surface area contributed by atoms with Gasteiger partial charge in [-0.05, 0) is 37.1 Å². The molecule has 120 valence electrons. The fourth-order valence-corrected chi connectivity index (χ4v) is 3.44. The molecule has 1 atom stereocenters. The molecule has 2 aliphatic heterocycles. The number of fused-ring (bicyclic) bond motifs is 4. The average Bonchev–Trinajstić information content (AvgIpc) is 2.87. The first kappa shape index (κ1) is 14.4. The van der Waals surface area contributed by atoms with Gasteiger partial charge >= 0.3 is 6.18 Å². The maximum absolute atomic E-state index is 12.9. The number of hydrogen-bond donors (Lipinski definition) is 1. The van der Waals surface area contributed by atoms with Gasteiger partial charge in [0.2, 0.25) is 0 Å². The highest BCUT2D eigenvalue weighted by molar-refractivity contribution is 5.78. The van der Waals surface area contributed by atoms with Crippen molar-refractivity contribution in [1.29, 1.82) is 0 Å². The third-order valence-corrected chi connectivity index (χ3v) is 4.51. The zero-order valence-corrected chi connectivity index (χ0v) is 12.6. The fraction of sp³-hybridized carbons (Fsp3) is 0.353. The van der Waals surface area contributed by atoms with Crippen molar-refractivity contribution in [2.75, 3.05) is 23.3 Å². The number of nitrogens with zero attached hydrogens (tertiary/aromatic N) is 2. The Balaban J connectivity index is 1.79. The molecule has 3 heterocycles. The first-order valence-corrected chi connectivity index (χ1v) is 7.62. The Hall–Kier alpha value is -2.24. The molecule has 1 aromatic carbocycles. The van der Waals surface area contributed by atoms with Crippen LogP contribution in [0.4, 0.5) is 24.7 Å². The lowest BCUT2D eigenvalue weighted by atomic mass is 10.0. The molecule has 1 N–H and O–H groups in total. The number of anilines is 2. The molecular formula is C17H16F3N3. The van der Waals surface area contributed by atoms with Gasteiger partial charge in [0.1, 0.15) is 0 Å².